The van der Waals surface area contributed by atoms with Crippen LogP contribution >= 0.6 is 27.5 Å². The molecule has 0 spiro atoms. The van der Waals surface area contributed by atoms with Gasteiger partial charge in [-0.15, -0.1) is 0 Å². The predicted molar refractivity (Wildman–Crippen MR) is 60.4 cm³/mol. The van der Waals surface area contributed by atoms with Crippen LogP contribution in [0.25, 0.3) is 0 Å². The lowest BCUT2D eigenvalue weighted by atomic mass is 9.93. The van der Waals surface area contributed by atoms with Crippen molar-refractivity contribution in [2.75, 3.05) is 5.32 Å². The van der Waals surface area contributed by atoms with Crippen molar-refractivity contribution >= 4 is 33.2 Å². The number of nitrogens with one attached hydrogen (secondary N) is 1. The molecule has 0 saturated heterocycles. The molecule has 1 saturated carbocycles. The van der Waals surface area contributed by atoms with Crippen LogP contribution in [0.2, 0.25) is 5.02 Å². The Bertz CT molecular complexity index is 329. The Labute approximate surface area is 95.8 Å². The van der Waals surface area contributed by atoms with Crippen molar-refractivity contribution in [2.45, 2.75) is 25.3 Å². The first-order chi connectivity index (χ1) is 6.66. The summed E-state index contributed by atoms with van der Waals surface area (Å²) < 4.78 is 13.6. The quantitative estimate of drug-likeness (QED) is 0.854. The molecule has 1 fully saturated rings. The molecule has 14 heavy (non-hydrogen) atoms. The second-order valence-electron chi connectivity index (χ2n) is 3.52. The third-order valence-electron chi connectivity index (χ3n) is 2.46. The first kappa shape index (κ1) is 10.2. The van der Waals surface area contributed by atoms with E-state index in [9.17, 15) is 4.39 Å². The smallest absolute Gasteiger partial charge is 0.125 e. The van der Waals surface area contributed by atoms with Crippen molar-refractivity contribution in [3.63, 3.8) is 0 Å². The Morgan fingerprint density at radius 1 is 1.43 bits per heavy atom. The van der Waals surface area contributed by atoms with Crippen LogP contribution < -0.4 is 5.32 Å². The summed E-state index contributed by atoms with van der Waals surface area (Å²) in [6.45, 7) is 0. The van der Waals surface area contributed by atoms with Gasteiger partial charge in [-0.1, -0.05) is 11.6 Å². The fourth-order valence-electron chi connectivity index (χ4n) is 1.44. The highest BCUT2D eigenvalue weighted by Gasteiger charge is 2.19. The Morgan fingerprint density at radius 3 is 2.64 bits per heavy atom. The van der Waals surface area contributed by atoms with E-state index in [0.717, 1.165) is 5.69 Å². The molecule has 76 valence electrons. The highest BCUT2D eigenvalue weighted by atomic mass is 79.9. The molecule has 1 nitrogen and oxygen atoms in total. The van der Waals surface area contributed by atoms with Crippen molar-refractivity contribution in [2.24, 2.45) is 0 Å². The van der Waals surface area contributed by atoms with Gasteiger partial charge in [0, 0.05) is 10.5 Å². The van der Waals surface area contributed by atoms with Crippen molar-refractivity contribution in [1.82, 2.24) is 0 Å². The van der Waals surface area contributed by atoms with Gasteiger partial charge < -0.3 is 5.32 Å². The Morgan fingerprint density at radius 2 is 2.14 bits per heavy atom. The third kappa shape index (κ3) is 2.04. The van der Waals surface area contributed by atoms with Crippen LogP contribution in [0, 0.1) is 5.82 Å². The maximum atomic E-state index is 12.9. The average molecular weight is 279 g/mol. The standard InChI is InChI=1S/C10H10BrClFN/c11-8-4-6(13)5-9(12)10(8)14-7-2-1-3-7/h4-5,7,14H,1-3H2. The zero-order chi connectivity index (χ0) is 10.1. The van der Waals surface area contributed by atoms with Crippen molar-refractivity contribution in [3.05, 3.63) is 27.4 Å². The van der Waals surface area contributed by atoms with Crippen LogP contribution in [0.1, 0.15) is 19.3 Å². The number of rotatable bonds is 2. The van der Waals surface area contributed by atoms with Crippen molar-refractivity contribution in [3.8, 4) is 0 Å². The van der Waals surface area contributed by atoms with Crippen LogP contribution in [0.4, 0.5) is 10.1 Å². The van der Waals surface area contributed by atoms with Gasteiger partial charge in [-0.2, -0.15) is 0 Å². The molecular formula is C10H10BrClFN. The summed E-state index contributed by atoms with van der Waals surface area (Å²) >= 11 is 9.22. The van der Waals surface area contributed by atoms with Crippen molar-refractivity contribution in [1.29, 1.82) is 0 Å². The minimum Gasteiger partial charge on any atom is -0.380 e. The number of anilines is 1. The molecule has 2 rings (SSSR count). The SMILES string of the molecule is Fc1cc(Cl)c(NC2CCC2)c(Br)c1. The van der Waals surface area contributed by atoms with E-state index >= 15 is 0 Å². The lowest BCUT2D eigenvalue weighted by molar-refractivity contribution is 0.445. The first-order valence-corrected chi connectivity index (χ1v) is 5.75. The van der Waals surface area contributed by atoms with Crippen LogP contribution in [-0.4, -0.2) is 6.04 Å². The molecule has 0 atom stereocenters. The van der Waals surface area contributed by atoms with Crippen molar-refractivity contribution < 1.29 is 4.39 Å². The second-order valence-corrected chi connectivity index (χ2v) is 4.78. The summed E-state index contributed by atoms with van der Waals surface area (Å²) in [7, 11) is 0. The zero-order valence-corrected chi connectivity index (χ0v) is 9.83. The van der Waals surface area contributed by atoms with E-state index in [2.05, 4.69) is 21.2 Å². The number of hydrogen-bond acceptors (Lipinski definition) is 1. The van der Waals surface area contributed by atoms with Gasteiger partial charge >= 0.3 is 0 Å². The molecule has 0 bridgehead atoms. The van der Waals surface area contributed by atoms with E-state index in [1.165, 1.54) is 31.4 Å². The molecule has 1 aromatic carbocycles. The van der Waals surface area contributed by atoms with E-state index in [-0.39, 0.29) is 5.82 Å². The zero-order valence-electron chi connectivity index (χ0n) is 7.49. The van der Waals surface area contributed by atoms with Gasteiger partial charge in [-0.25, -0.2) is 4.39 Å². The van der Waals surface area contributed by atoms with Gasteiger partial charge in [-0.05, 0) is 47.3 Å². The van der Waals surface area contributed by atoms with Gasteiger partial charge in [-0.3, -0.25) is 0 Å². The van der Waals surface area contributed by atoms with E-state index in [1.54, 1.807) is 0 Å². The first-order valence-electron chi connectivity index (χ1n) is 4.58. The van der Waals surface area contributed by atoms with E-state index in [4.69, 9.17) is 11.6 Å². The van der Waals surface area contributed by atoms with E-state index < -0.39 is 0 Å². The summed E-state index contributed by atoms with van der Waals surface area (Å²) in [5.41, 5.74) is 0.803. The van der Waals surface area contributed by atoms with Gasteiger partial charge in [0.25, 0.3) is 0 Å². The fraction of sp³-hybridized carbons (Fsp3) is 0.400. The largest absolute Gasteiger partial charge is 0.380 e. The topological polar surface area (TPSA) is 12.0 Å². The van der Waals surface area contributed by atoms with E-state index in [1.807, 2.05) is 0 Å². The maximum absolute atomic E-state index is 12.9. The van der Waals surface area contributed by atoms with E-state index in [0.29, 0.717) is 15.5 Å². The predicted octanol–water partition coefficient (Wildman–Crippen LogP) is 4.21. The fourth-order valence-corrected chi connectivity index (χ4v) is 2.36. The van der Waals surface area contributed by atoms with Crippen LogP contribution in [0.5, 0.6) is 0 Å². The minimum absolute atomic E-state index is 0.318. The summed E-state index contributed by atoms with van der Waals surface area (Å²) in [6, 6.07) is 3.24. The summed E-state index contributed by atoms with van der Waals surface area (Å²) in [5.74, 6) is -0.318. The van der Waals surface area contributed by atoms with Crippen LogP contribution in [0.3, 0.4) is 0 Å². The maximum Gasteiger partial charge on any atom is 0.125 e. The Hall–Kier alpha value is -0.280. The highest BCUT2D eigenvalue weighted by molar-refractivity contribution is 9.10. The highest BCUT2D eigenvalue weighted by Crippen LogP contribution is 2.34. The van der Waals surface area contributed by atoms with Gasteiger partial charge in [0.2, 0.25) is 0 Å². The number of halogens is 3. The summed E-state index contributed by atoms with van der Waals surface area (Å²) in [6.07, 6.45) is 3.59. The molecule has 1 aromatic rings. The van der Waals surface area contributed by atoms with Gasteiger partial charge in [0.15, 0.2) is 0 Å². The summed E-state index contributed by atoms with van der Waals surface area (Å²) in [5, 5.41) is 3.73. The van der Waals surface area contributed by atoms with Crippen LogP contribution in [0.15, 0.2) is 16.6 Å². The summed E-state index contributed by atoms with van der Waals surface area (Å²) in [4.78, 5) is 0. The molecule has 0 aromatic heterocycles. The molecule has 0 amide bonds. The normalized spacial score (nSPS) is 16.5. The lowest BCUT2D eigenvalue weighted by Crippen LogP contribution is -2.27. The molecule has 1 aliphatic rings. The Balaban J connectivity index is 2.22. The van der Waals surface area contributed by atoms with Gasteiger partial charge in [0.1, 0.15) is 5.82 Å². The minimum atomic E-state index is -0.318. The number of hydrogen-bond donors (Lipinski definition) is 1. The Kier molecular flexibility index (Phi) is 2.98. The van der Waals surface area contributed by atoms with Crippen LogP contribution in [-0.2, 0) is 0 Å². The average Bonchev–Trinajstić information content (AvgIpc) is 1.98. The number of benzene rings is 1. The molecule has 0 aliphatic heterocycles. The monoisotopic (exact) mass is 277 g/mol. The molecule has 1 aliphatic carbocycles. The molecule has 1 N–H and O–H groups in total. The second kappa shape index (κ2) is 4.07. The molecule has 0 heterocycles. The molecule has 0 radical (unpaired) electrons. The molecule has 0 unspecified atom stereocenters. The third-order valence-corrected chi connectivity index (χ3v) is 3.38. The van der Waals surface area contributed by atoms with Gasteiger partial charge in [0.05, 0.1) is 10.7 Å². The molecular weight excluding hydrogens is 268 g/mol. The lowest BCUT2D eigenvalue weighted by Gasteiger charge is -2.28. The molecule has 4 heteroatoms.